The van der Waals surface area contributed by atoms with E-state index in [1.54, 1.807) is 29.3 Å². The van der Waals surface area contributed by atoms with Gasteiger partial charge in [0, 0.05) is 10.8 Å². The van der Waals surface area contributed by atoms with E-state index in [2.05, 4.69) is 5.10 Å². The topological polar surface area (TPSA) is 15.6 Å². The number of halogens is 6. The van der Waals surface area contributed by atoms with Gasteiger partial charge in [-0.3, -0.25) is 5.01 Å². The first-order valence-corrected chi connectivity index (χ1v) is 11.0. The second kappa shape index (κ2) is 9.13. The molecule has 0 spiro atoms. The molecule has 0 amide bonds. The van der Waals surface area contributed by atoms with Gasteiger partial charge in [0.05, 0.1) is 29.3 Å². The third-order valence-electron chi connectivity index (χ3n) is 5.16. The number of rotatable bonds is 5. The van der Waals surface area contributed by atoms with Crippen molar-refractivity contribution < 1.29 is 26.3 Å². The fourth-order valence-corrected chi connectivity index (χ4v) is 4.24. The first-order chi connectivity index (χ1) is 15.6. The van der Waals surface area contributed by atoms with Gasteiger partial charge in [0.25, 0.3) is 0 Å². The number of alkyl halides is 6. The Morgan fingerprint density at radius 3 is 2.03 bits per heavy atom. The summed E-state index contributed by atoms with van der Waals surface area (Å²) in [6.45, 7) is 0.426. The quantitative estimate of drug-likeness (QED) is 0.280. The first kappa shape index (κ1) is 23.2. The Kier molecular flexibility index (Phi) is 6.43. The molecule has 2 nitrogen and oxygen atoms in total. The molecule has 9 heteroatoms. The molecule has 1 atom stereocenters. The molecule has 0 saturated heterocycles. The van der Waals surface area contributed by atoms with Crippen molar-refractivity contribution in [2.45, 2.75) is 23.2 Å². The summed E-state index contributed by atoms with van der Waals surface area (Å²) < 4.78 is 76.2. The number of anilines is 1. The van der Waals surface area contributed by atoms with Gasteiger partial charge in [-0.25, -0.2) is 0 Å². The highest BCUT2D eigenvalue weighted by Gasteiger charge is 2.32. The maximum absolute atomic E-state index is 12.9. The summed E-state index contributed by atoms with van der Waals surface area (Å²) in [5, 5.41) is 6.33. The summed E-state index contributed by atoms with van der Waals surface area (Å²) in [5.74, 6) is -1.12. The Morgan fingerprint density at radius 2 is 1.45 bits per heavy atom. The van der Waals surface area contributed by atoms with Crippen LogP contribution in [0.15, 0.2) is 88.9 Å². The van der Waals surface area contributed by atoms with E-state index >= 15 is 0 Å². The molecular weight excluding hydrogens is 462 g/mol. The third kappa shape index (κ3) is 5.71. The Hall–Kier alpha value is -2.94. The van der Waals surface area contributed by atoms with E-state index in [9.17, 15) is 26.3 Å². The largest absolute Gasteiger partial charge is 0.416 e. The Bertz CT molecular complexity index is 1110. The number of benzene rings is 3. The van der Waals surface area contributed by atoms with Crippen LogP contribution in [0.5, 0.6) is 0 Å². The van der Waals surface area contributed by atoms with Crippen molar-refractivity contribution in [3.63, 3.8) is 0 Å². The molecule has 3 aromatic carbocycles. The number of hydrogen-bond donors (Lipinski definition) is 0. The SMILES string of the molecule is FC(F)(F)CSc1ccc(C2=NN(c3ccc(C(F)(F)F)cc3)CC2c2ccccc2)cc1. The summed E-state index contributed by atoms with van der Waals surface area (Å²) in [4.78, 5) is 0.491. The summed E-state index contributed by atoms with van der Waals surface area (Å²) >= 11 is 0.709. The van der Waals surface area contributed by atoms with Gasteiger partial charge in [-0.05, 0) is 47.5 Å². The minimum absolute atomic E-state index is 0.151. The number of hydrogen-bond acceptors (Lipinski definition) is 3. The van der Waals surface area contributed by atoms with Crippen LogP contribution in [0.4, 0.5) is 32.0 Å². The Labute approximate surface area is 190 Å². The van der Waals surface area contributed by atoms with Crippen LogP contribution < -0.4 is 5.01 Å². The lowest BCUT2D eigenvalue weighted by Crippen LogP contribution is -2.18. The van der Waals surface area contributed by atoms with Gasteiger partial charge in [0.2, 0.25) is 0 Å². The molecule has 4 rings (SSSR count). The Balaban J connectivity index is 1.62. The van der Waals surface area contributed by atoms with Crippen LogP contribution >= 0.6 is 11.8 Å². The second-order valence-corrected chi connectivity index (χ2v) is 8.55. The zero-order valence-corrected chi connectivity index (χ0v) is 17.9. The standard InChI is InChI=1S/C24H18F6N2S/c25-23(26,27)15-33-20-12-6-17(7-13-20)22-21(16-4-2-1-3-5-16)14-32(31-22)19-10-8-18(9-11-19)24(28,29)30/h1-13,21H,14-15H2. The fraction of sp³-hybridized carbons (Fsp3) is 0.208. The van der Waals surface area contributed by atoms with Gasteiger partial charge in [-0.2, -0.15) is 31.4 Å². The van der Waals surface area contributed by atoms with Crippen LogP contribution in [0.25, 0.3) is 0 Å². The van der Waals surface area contributed by atoms with Gasteiger partial charge in [0.1, 0.15) is 0 Å². The predicted octanol–water partition coefficient (Wildman–Crippen LogP) is 7.37. The van der Waals surface area contributed by atoms with Gasteiger partial charge >= 0.3 is 12.4 Å². The van der Waals surface area contributed by atoms with E-state index < -0.39 is 23.7 Å². The minimum Gasteiger partial charge on any atom is -0.264 e. The van der Waals surface area contributed by atoms with Crippen LogP contribution in [-0.4, -0.2) is 24.2 Å². The Morgan fingerprint density at radius 1 is 0.818 bits per heavy atom. The normalized spacial score (nSPS) is 16.7. The lowest BCUT2D eigenvalue weighted by atomic mass is 9.90. The summed E-state index contributed by atoms with van der Waals surface area (Å²) in [6, 6.07) is 21.1. The van der Waals surface area contributed by atoms with Crippen molar-refractivity contribution in [2.75, 3.05) is 17.3 Å². The van der Waals surface area contributed by atoms with E-state index in [0.717, 1.165) is 23.3 Å². The summed E-state index contributed by atoms with van der Waals surface area (Å²) in [5.41, 5.74) is 2.22. The smallest absolute Gasteiger partial charge is 0.264 e. The van der Waals surface area contributed by atoms with Gasteiger partial charge in [0.15, 0.2) is 0 Å². The monoisotopic (exact) mass is 480 g/mol. The molecule has 1 heterocycles. The molecule has 0 bridgehead atoms. The van der Waals surface area contributed by atoms with Gasteiger partial charge < -0.3 is 0 Å². The molecular formula is C24H18F6N2S. The highest BCUT2D eigenvalue weighted by molar-refractivity contribution is 7.99. The van der Waals surface area contributed by atoms with E-state index in [0.29, 0.717) is 34.6 Å². The second-order valence-electron chi connectivity index (χ2n) is 7.50. The van der Waals surface area contributed by atoms with Crippen molar-refractivity contribution in [2.24, 2.45) is 5.10 Å². The molecule has 3 aromatic rings. The van der Waals surface area contributed by atoms with Crippen molar-refractivity contribution in [3.8, 4) is 0 Å². The number of hydrazone groups is 1. The molecule has 172 valence electrons. The molecule has 1 unspecified atom stereocenters. The lowest BCUT2D eigenvalue weighted by molar-refractivity contribution is -0.137. The zero-order valence-electron chi connectivity index (χ0n) is 17.1. The lowest BCUT2D eigenvalue weighted by Gasteiger charge is -2.17. The molecule has 0 fully saturated rings. The summed E-state index contributed by atoms with van der Waals surface area (Å²) in [6.07, 6.45) is -8.67. The molecule has 0 aliphatic carbocycles. The van der Waals surface area contributed by atoms with E-state index in [1.165, 1.54) is 12.1 Å². The first-order valence-electron chi connectivity index (χ1n) is 9.98. The van der Waals surface area contributed by atoms with Crippen LogP contribution in [0.2, 0.25) is 0 Å². The zero-order chi connectivity index (χ0) is 23.6. The van der Waals surface area contributed by atoms with Crippen LogP contribution in [0, 0.1) is 0 Å². The van der Waals surface area contributed by atoms with E-state index in [-0.39, 0.29) is 5.92 Å². The highest BCUT2D eigenvalue weighted by atomic mass is 32.2. The third-order valence-corrected chi connectivity index (χ3v) is 6.24. The number of nitrogens with zero attached hydrogens (tertiary/aromatic N) is 2. The maximum atomic E-state index is 12.9. The van der Waals surface area contributed by atoms with Crippen LogP contribution in [0.3, 0.4) is 0 Å². The molecule has 0 saturated carbocycles. The van der Waals surface area contributed by atoms with Crippen molar-refractivity contribution in [3.05, 3.63) is 95.6 Å². The molecule has 0 N–H and O–H groups in total. The average Bonchev–Trinajstić information content (AvgIpc) is 3.23. The summed E-state index contributed by atoms with van der Waals surface area (Å²) in [7, 11) is 0. The molecule has 1 aliphatic rings. The highest BCUT2D eigenvalue weighted by Crippen LogP contribution is 2.35. The molecule has 1 aliphatic heterocycles. The van der Waals surface area contributed by atoms with Crippen LogP contribution in [0.1, 0.15) is 22.6 Å². The van der Waals surface area contributed by atoms with Crippen molar-refractivity contribution in [1.29, 1.82) is 0 Å². The average molecular weight is 480 g/mol. The molecule has 0 radical (unpaired) electrons. The van der Waals surface area contributed by atoms with E-state index in [4.69, 9.17) is 0 Å². The number of thioether (sulfide) groups is 1. The van der Waals surface area contributed by atoms with Crippen molar-refractivity contribution >= 4 is 23.2 Å². The predicted molar refractivity (Wildman–Crippen MR) is 118 cm³/mol. The van der Waals surface area contributed by atoms with Gasteiger partial charge in [-0.15, -0.1) is 11.8 Å². The minimum atomic E-state index is -4.42. The fourth-order valence-electron chi connectivity index (χ4n) is 3.58. The van der Waals surface area contributed by atoms with Gasteiger partial charge in [-0.1, -0.05) is 42.5 Å². The van der Waals surface area contributed by atoms with Crippen molar-refractivity contribution in [1.82, 2.24) is 0 Å². The molecule has 33 heavy (non-hydrogen) atoms. The van der Waals surface area contributed by atoms with Crippen LogP contribution in [-0.2, 0) is 6.18 Å². The molecule has 0 aromatic heterocycles. The maximum Gasteiger partial charge on any atom is 0.416 e. The van der Waals surface area contributed by atoms with E-state index in [1.807, 2.05) is 30.3 Å².